The Morgan fingerprint density at radius 1 is 0.842 bits per heavy atom. The molecule has 0 nitrogen and oxygen atoms in total. The molecule has 0 radical (unpaired) electrons. The van der Waals surface area contributed by atoms with Gasteiger partial charge in [0.2, 0.25) is 0 Å². The number of thiol groups is 1. The van der Waals surface area contributed by atoms with Gasteiger partial charge < -0.3 is 0 Å². The maximum Gasteiger partial charge on any atom is 0.0563 e. The zero-order valence-electron chi connectivity index (χ0n) is 10.3. The smallest absolute Gasteiger partial charge is 0.0563 e. The molecule has 0 atom stereocenters. The molecular formula is C17H13ClS. The molecule has 3 aromatic rings. The first-order chi connectivity index (χ1) is 9.33. The number of rotatable bonds is 2. The van der Waals surface area contributed by atoms with Gasteiger partial charge in [-0.15, -0.1) is 0 Å². The fraction of sp³-hybridized carbons (Fsp3) is 0.0588. The second-order valence-corrected chi connectivity index (χ2v) is 5.15. The molecule has 3 aromatic carbocycles. The van der Waals surface area contributed by atoms with E-state index in [1.807, 2.05) is 24.3 Å². The maximum atomic E-state index is 6.54. The Morgan fingerprint density at radius 3 is 1.79 bits per heavy atom. The van der Waals surface area contributed by atoms with Crippen LogP contribution in [0.25, 0.3) is 27.6 Å². The third-order valence-electron chi connectivity index (χ3n) is 3.30. The highest BCUT2D eigenvalue weighted by Gasteiger charge is 2.09. The van der Waals surface area contributed by atoms with Crippen LogP contribution < -0.4 is 0 Å². The number of hydrogen-bond donors (Lipinski definition) is 1. The Labute approximate surface area is 123 Å². The summed E-state index contributed by atoms with van der Waals surface area (Å²) in [5.74, 6) is 0.727. The van der Waals surface area contributed by atoms with Crippen molar-refractivity contribution in [1.82, 2.24) is 0 Å². The minimum atomic E-state index is 0.727. The van der Waals surface area contributed by atoms with Crippen LogP contribution in [0.4, 0.5) is 0 Å². The molecule has 0 heterocycles. The summed E-state index contributed by atoms with van der Waals surface area (Å²) >= 11 is 10.8. The summed E-state index contributed by atoms with van der Waals surface area (Å²) in [4.78, 5) is 0. The normalized spacial score (nSPS) is 11.7. The monoisotopic (exact) mass is 284 g/mol. The highest BCUT2D eigenvalue weighted by Crippen LogP contribution is 2.36. The molecule has 0 aliphatic rings. The third-order valence-corrected chi connectivity index (χ3v) is 3.92. The van der Waals surface area contributed by atoms with Gasteiger partial charge in [-0.25, -0.2) is 0 Å². The highest BCUT2D eigenvalue weighted by atomic mass is 35.5. The second-order valence-electron chi connectivity index (χ2n) is 4.40. The molecule has 0 amide bonds. The first-order valence-corrected chi connectivity index (χ1v) is 7.20. The lowest BCUT2D eigenvalue weighted by atomic mass is 9.96. The Hall–Kier alpha value is -1.44. The summed E-state index contributed by atoms with van der Waals surface area (Å²) in [6, 6.07) is 16.5. The summed E-state index contributed by atoms with van der Waals surface area (Å²) in [5.41, 5.74) is 1.21. The fourth-order valence-electron chi connectivity index (χ4n) is 2.46. The average Bonchev–Trinajstić information content (AvgIpc) is 2.47. The van der Waals surface area contributed by atoms with Crippen molar-refractivity contribution in [2.24, 2.45) is 0 Å². The van der Waals surface area contributed by atoms with Crippen molar-refractivity contribution in [2.45, 2.75) is 0 Å². The Morgan fingerprint density at radius 2 is 1.32 bits per heavy atom. The van der Waals surface area contributed by atoms with Gasteiger partial charge >= 0.3 is 0 Å². The van der Waals surface area contributed by atoms with Crippen LogP contribution in [-0.4, -0.2) is 5.75 Å². The van der Waals surface area contributed by atoms with E-state index in [-0.39, 0.29) is 0 Å². The molecule has 0 spiro atoms. The molecule has 0 unspecified atom stereocenters. The van der Waals surface area contributed by atoms with Crippen molar-refractivity contribution in [3.8, 4) is 0 Å². The van der Waals surface area contributed by atoms with Crippen LogP contribution >= 0.6 is 24.2 Å². The Kier molecular flexibility index (Phi) is 3.50. The zero-order valence-corrected chi connectivity index (χ0v) is 12.0. The van der Waals surface area contributed by atoms with Crippen LogP contribution in [0, 0.1) is 0 Å². The van der Waals surface area contributed by atoms with Gasteiger partial charge in [0.15, 0.2) is 0 Å². The summed E-state index contributed by atoms with van der Waals surface area (Å²) < 4.78 is 0. The molecule has 0 bridgehead atoms. The predicted molar refractivity (Wildman–Crippen MR) is 89.4 cm³/mol. The van der Waals surface area contributed by atoms with Crippen LogP contribution in [0.5, 0.6) is 0 Å². The SMILES string of the molecule is SCC=Cc1c2ccccc2c(Cl)c2ccccc12. The van der Waals surface area contributed by atoms with Gasteiger partial charge in [0, 0.05) is 16.5 Å². The van der Waals surface area contributed by atoms with Gasteiger partial charge in [-0.05, 0) is 16.3 Å². The fourth-order valence-corrected chi connectivity index (χ4v) is 2.89. The van der Waals surface area contributed by atoms with Gasteiger partial charge in [-0.2, -0.15) is 12.6 Å². The summed E-state index contributed by atoms with van der Waals surface area (Å²) in [6.45, 7) is 0. The van der Waals surface area contributed by atoms with Gasteiger partial charge in [0.05, 0.1) is 5.02 Å². The van der Waals surface area contributed by atoms with E-state index in [1.165, 1.54) is 16.3 Å². The number of benzene rings is 3. The van der Waals surface area contributed by atoms with Crippen molar-refractivity contribution in [3.63, 3.8) is 0 Å². The molecule has 3 rings (SSSR count). The molecule has 0 aliphatic carbocycles. The average molecular weight is 285 g/mol. The molecule has 0 fully saturated rings. The number of fused-ring (bicyclic) bond motifs is 2. The molecule has 94 valence electrons. The van der Waals surface area contributed by atoms with Gasteiger partial charge in [0.1, 0.15) is 0 Å². The summed E-state index contributed by atoms with van der Waals surface area (Å²) in [5, 5.41) is 5.39. The van der Waals surface area contributed by atoms with Crippen molar-refractivity contribution < 1.29 is 0 Å². The topological polar surface area (TPSA) is 0 Å². The van der Waals surface area contributed by atoms with Crippen LogP contribution in [0.3, 0.4) is 0 Å². The third kappa shape index (κ3) is 2.13. The maximum absolute atomic E-state index is 6.54. The molecule has 0 aromatic heterocycles. The first-order valence-electron chi connectivity index (χ1n) is 6.19. The number of halogens is 1. The van der Waals surface area contributed by atoms with E-state index in [2.05, 4.69) is 49.0 Å². The predicted octanol–water partition coefficient (Wildman–Crippen LogP) is 5.59. The Bertz CT molecular complexity index is 718. The summed E-state index contributed by atoms with van der Waals surface area (Å²) in [6.07, 6.45) is 4.19. The lowest BCUT2D eigenvalue weighted by Gasteiger charge is -2.10. The van der Waals surface area contributed by atoms with E-state index in [1.54, 1.807) is 0 Å². The first kappa shape index (κ1) is 12.6. The lowest BCUT2D eigenvalue weighted by Crippen LogP contribution is -1.85. The summed E-state index contributed by atoms with van der Waals surface area (Å²) in [7, 11) is 0. The highest BCUT2D eigenvalue weighted by molar-refractivity contribution is 7.80. The van der Waals surface area contributed by atoms with Crippen LogP contribution in [0.15, 0.2) is 54.6 Å². The largest absolute Gasteiger partial charge is 0.175 e. The number of hydrogen-bond acceptors (Lipinski definition) is 1. The van der Waals surface area contributed by atoms with Crippen molar-refractivity contribution in [1.29, 1.82) is 0 Å². The lowest BCUT2D eigenvalue weighted by molar-refractivity contribution is 1.73. The molecule has 2 heteroatoms. The molecule has 0 aliphatic heterocycles. The molecular weight excluding hydrogens is 272 g/mol. The second kappa shape index (κ2) is 5.28. The van der Waals surface area contributed by atoms with Crippen molar-refractivity contribution in [3.05, 3.63) is 65.2 Å². The van der Waals surface area contributed by atoms with Crippen LogP contribution in [0.2, 0.25) is 5.02 Å². The van der Waals surface area contributed by atoms with Crippen molar-refractivity contribution in [2.75, 3.05) is 5.75 Å². The van der Waals surface area contributed by atoms with E-state index >= 15 is 0 Å². The molecule has 19 heavy (non-hydrogen) atoms. The Balaban J connectivity index is 2.52. The van der Waals surface area contributed by atoms with Crippen LogP contribution in [-0.2, 0) is 0 Å². The van der Waals surface area contributed by atoms with E-state index in [0.717, 1.165) is 21.5 Å². The molecule has 0 saturated heterocycles. The quantitative estimate of drug-likeness (QED) is 0.460. The standard InChI is InChI=1S/C17H13ClS/c18-17-15-8-3-1-6-13(15)12(10-5-11-19)14-7-2-4-9-16(14)17/h1-10,19H,11H2. The molecule has 0 N–H and O–H groups in total. The zero-order chi connectivity index (χ0) is 13.2. The van der Waals surface area contributed by atoms with Gasteiger partial charge in [0.25, 0.3) is 0 Å². The van der Waals surface area contributed by atoms with Gasteiger partial charge in [-0.3, -0.25) is 0 Å². The van der Waals surface area contributed by atoms with E-state index in [0.29, 0.717) is 0 Å². The van der Waals surface area contributed by atoms with Crippen LogP contribution in [0.1, 0.15) is 5.56 Å². The van der Waals surface area contributed by atoms with E-state index < -0.39 is 0 Å². The van der Waals surface area contributed by atoms with Crippen molar-refractivity contribution >= 4 is 51.9 Å². The van der Waals surface area contributed by atoms with E-state index in [9.17, 15) is 0 Å². The van der Waals surface area contributed by atoms with Gasteiger partial charge in [-0.1, -0.05) is 72.3 Å². The van der Waals surface area contributed by atoms with E-state index in [4.69, 9.17) is 11.6 Å². The minimum Gasteiger partial charge on any atom is -0.175 e. The molecule has 0 saturated carbocycles. The minimum absolute atomic E-state index is 0.727.